The van der Waals surface area contributed by atoms with Crippen LogP contribution in [0, 0.1) is 6.92 Å². The van der Waals surface area contributed by atoms with Crippen molar-refractivity contribution >= 4 is 17.2 Å². The van der Waals surface area contributed by atoms with Crippen molar-refractivity contribution in [1.82, 2.24) is 19.9 Å². The smallest absolute Gasteiger partial charge is 0.177 e. The number of hydrogen-bond acceptors (Lipinski definition) is 6. The van der Waals surface area contributed by atoms with Crippen LogP contribution in [-0.2, 0) is 24.1 Å². The van der Waals surface area contributed by atoms with Crippen LogP contribution < -0.4 is 16.0 Å². The molecular formula is C21H26N6O. The Morgan fingerprint density at radius 1 is 1.25 bits per heavy atom. The number of benzene rings is 1. The lowest BCUT2D eigenvalue weighted by molar-refractivity contribution is 0.122. The van der Waals surface area contributed by atoms with Crippen LogP contribution >= 0.6 is 0 Å². The van der Waals surface area contributed by atoms with Crippen LogP contribution in [0.1, 0.15) is 28.1 Å². The zero-order valence-corrected chi connectivity index (χ0v) is 16.2. The Morgan fingerprint density at radius 2 is 2.11 bits per heavy atom. The number of aryl methyl sites for hydroxylation is 1. The molecule has 0 atom stereocenters. The number of ether oxygens (including phenoxy) is 1. The molecule has 0 amide bonds. The largest absolute Gasteiger partial charge is 0.396 e. The number of hydrogen-bond donors (Lipinski definition) is 2. The van der Waals surface area contributed by atoms with Crippen LogP contribution in [0.5, 0.6) is 0 Å². The summed E-state index contributed by atoms with van der Waals surface area (Å²) in [5.74, 6) is 0.892. The van der Waals surface area contributed by atoms with Crippen molar-refractivity contribution in [3.63, 3.8) is 0 Å². The minimum absolute atomic E-state index is 0.669. The number of morpholine rings is 1. The second-order valence-electron chi connectivity index (χ2n) is 7.59. The minimum atomic E-state index is 0.669. The first-order chi connectivity index (χ1) is 13.7. The van der Waals surface area contributed by atoms with E-state index in [1.54, 1.807) is 0 Å². The van der Waals surface area contributed by atoms with E-state index < -0.39 is 0 Å². The van der Waals surface area contributed by atoms with Gasteiger partial charge in [-0.15, -0.1) is 5.10 Å². The molecule has 7 nitrogen and oxygen atoms in total. The van der Waals surface area contributed by atoms with Gasteiger partial charge in [0, 0.05) is 32.1 Å². The monoisotopic (exact) mass is 378 g/mol. The minimum Gasteiger partial charge on any atom is -0.396 e. The number of nitrogens with one attached hydrogen (secondary N) is 1. The van der Waals surface area contributed by atoms with Crippen molar-refractivity contribution in [2.24, 2.45) is 0 Å². The van der Waals surface area contributed by atoms with Crippen molar-refractivity contribution in [2.75, 3.05) is 43.5 Å². The van der Waals surface area contributed by atoms with E-state index in [4.69, 9.17) is 20.6 Å². The highest BCUT2D eigenvalue weighted by molar-refractivity contribution is 5.69. The summed E-state index contributed by atoms with van der Waals surface area (Å²) in [7, 11) is 0. The fourth-order valence-corrected chi connectivity index (χ4v) is 4.26. The second kappa shape index (κ2) is 7.07. The second-order valence-corrected chi connectivity index (χ2v) is 7.59. The maximum Gasteiger partial charge on any atom is 0.177 e. The first-order valence-electron chi connectivity index (χ1n) is 9.98. The average Bonchev–Trinajstić information content (AvgIpc) is 3.05. The lowest BCUT2D eigenvalue weighted by atomic mass is 9.93. The number of aromatic nitrogens is 3. The first-order valence-corrected chi connectivity index (χ1v) is 9.98. The highest BCUT2D eigenvalue weighted by Gasteiger charge is 2.20. The van der Waals surface area contributed by atoms with Gasteiger partial charge in [-0.25, -0.2) is 9.50 Å². The van der Waals surface area contributed by atoms with Gasteiger partial charge in [0.2, 0.25) is 0 Å². The van der Waals surface area contributed by atoms with Gasteiger partial charge in [-0.1, -0.05) is 18.2 Å². The highest BCUT2D eigenvalue weighted by atomic mass is 16.5. The number of rotatable bonds is 3. The van der Waals surface area contributed by atoms with E-state index in [0.29, 0.717) is 5.69 Å². The van der Waals surface area contributed by atoms with E-state index in [-0.39, 0.29) is 0 Å². The van der Waals surface area contributed by atoms with Crippen LogP contribution in [-0.4, -0.2) is 47.4 Å². The third-order valence-corrected chi connectivity index (χ3v) is 5.83. The lowest BCUT2D eigenvalue weighted by Crippen LogP contribution is -2.37. The lowest BCUT2D eigenvalue weighted by Gasteiger charge is -2.28. The molecule has 1 saturated heterocycles. The Kier molecular flexibility index (Phi) is 4.41. The van der Waals surface area contributed by atoms with E-state index in [0.717, 1.165) is 75.1 Å². The maximum absolute atomic E-state index is 6.36. The molecule has 0 unspecified atom stereocenters. The van der Waals surface area contributed by atoms with Crippen molar-refractivity contribution in [2.45, 2.75) is 26.3 Å². The maximum atomic E-state index is 6.36. The summed E-state index contributed by atoms with van der Waals surface area (Å²) in [6.45, 7) is 7.13. The molecule has 0 saturated carbocycles. The molecule has 0 radical (unpaired) electrons. The molecule has 2 aliphatic heterocycles. The molecule has 7 heteroatoms. The van der Waals surface area contributed by atoms with Crippen molar-refractivity contribution in [3.8, 4) is 0 Å². The van der Waals surface area contributed by atoms with E-state index in [2.05, 4.69) is 28.4 Å². The normalized spacial score (nSPS) is 17.1. The predicted octanol–water partition coefficient (Wildman–Crippen LogP) is 1.69. The molecule has 2 aromatic heterocycles. The van der Waals surface area contributed by atoms with Gasteiger partial charge in [-0.2, -0.15) is 0 Å². The summed E-state index contributed by atoms with van der Waals surface area (Å²) in [6, 6.07) is 8.57. The molecule has 146 valence electrons. The number of imidazole rings is 1. The molecular weight excluding hydrogens is 352 g/mol. The van der Waals surface area contributed by atoms with E-state index in [9.17, 15) is 0 Å². The van der Waals surface area contributed by atoms with Gasteiger partial charge in [0.05, 0.1) is 30.3 Å². The highest BCUT2D eigenvalue weighted by Crippen LogP contribution is 2.26. The molecule has 0 spiro atoms. The van der Waals surface area contributed by atoms with E-state index in [1.807, 2.05) is 17.5 Å². The van der Waals surface area contributed by atoms with Gasteiger partial charge in [0.1, 0.15) is 0 Å². The zero-order chi connectivity index (χ0) is 19.1. The Bertz CT molecular complexity index is 1020. The predicted molar refractivity (Wildman–Crippen MR) is 110 cm³/mol. The zero-order valence-electron chi connectivity index (χ0n) is 16.2. The summed E-state index contributed by atoms with van der Waals surface area (Å²) in [5, 5.41) is 8.42. The van der Waals surface area contributed by atoms with Gasteiger partial charge in [0.25, 0.3) is 0 Å². The summed E-state index contributed by atoms with van der Waals surface area (Å²) in [6.07, 6.45) is 1.89. The van der Waals surface area contributed by atoms with Crippen LogP contribution in [0.15, 0.2) is 24.3 Å². The molecule has 5 rings (SSSR count). The Labute approximate surface area is 164 Å². The third kappa shape index (κ3) is 3.00. The standard InChI is InChI=1S/C21H26N6O/c1-14-19(11-16-4-2-3-15-5-6-23-13-17(15)16)27-21(24-14)18(22)12-20(25-27)26-7-9-28-10-8-26/h2-4,12,23H,5-11,13,22H2,1H3. The summed E-state index contributed by atoms with van der Waals surface area (Å²) < 4.78 is 7.42. The number of fused-ring (bicyclic) bond motifs is 2. The molecule has 3 N–H and O–H groups in total. The van der Waals surface area contributed by atoms with Crippen LogP contribution in [0.4, 0.5) is 11.5 Å². The Balaban J connectivity index is 1.58. The molecule has 1 aromatic carbocycles. The number of nitrogen functional groups attached to an aromatic ring is 1. The first kappa shape index (κ1) is 17.5. The summed E-state index contributed by atoms with van der Waals surface area (Å²) in [5.41, 5.74) is 14.1. The summed E-state index contributed by atoms with van der Waals surface area (Å²) in [4.78, 5) is 6.95. The van der Waals surface area contributed by atoms with Gasteiger partial charge >= 0.3 is 0 Å². The van der Waals surface area contributed by atoms with Crippen LogP contribution in [0.3, 0.4) is 0 Å². The number of anilines is 2. The van der Waals surface area contributed by atoms with Crippen molar-refractivity contribution in [3.05, 3.63) is 52.3 Å². The molecule has 0 aliphatic carbocycles. The number of nitrogens with two attached hydrogens (primary N) is 1. The fourth-order valence-electron chi connectivity index (χ4n) is 4.26. The van der Waals surface area contributed by atoms with Crippen molar-refractivity contribution in [1.29, 1.82) is 0 Å². The molecule has 2 aliphatic rings. The molecule has 28 heavy (non-hydrogen) atoms. The van der Waals surface area contributed by atoms with E-state index in [1.165, 1.54) is 16.7 Å². The van der Waals surface area contributed by atoms with Crippen LogP contribution in [0.25, 0.3) is 5.65 Å². The van der Waals surface area contributed by atoms with Gasteiger partial charge in [-0.05, 0) is 36.6 Å². The SMILES string of the molecule is Cc1nc2c(N)cc(N3CCOCC3)nn2c1Cc1cccc2c1CNCC2. The summed E-state index contributed by atoms with van der Waals surface area (Å²) >= 11 is 0. The van der Waals surface area contributed by atoms with Gasteiger partial charge < -0.3 is 20.7 Å². The quantitative estimate of drug-likeness (QED) is 0.722. The number of nitrogens with zero attached hydrogens (tertiary/aromatic N) is 4. The Hall–Kier alpha value is -2.64. The third-order valence-electron chi connectivity index (χ3n) is 5.83. The van der Waals surface area contributed by atoms with Crippen LogP contribution in [0.2, 0.25) is 0 Å². The van der Waals surface area contributed by atoms with Gasteiger partial charge in [-0.3, -0.25) is 0 Å². The van der Waals surface area contributed by atoms with Gasteiger partial charge in [0.15, 0.2) is 11.5 Å². The van der Waals surface area contributed by atoms with E-state index >= 15 is 0 Å². The Morgan fingerprint density at radius 3 is 2.96 bits per heavy atom. The molecule has 0 bridgehead atoms. The molecule has 3 aromatic rings. The van der Waals surface area contributed by atoms with Crippen molar-refractivity contribution < 1.29 is 4.74 Å². The topological polar surface area (TPSA) is 80.7 Å². The molecule has 1 fully saturated rings. The molecule has 4 heterocycles. The average molecular weight is 378 g/mol. The fraction of sp³-hybridized carbons (Fsp3) is 0.429.